The van der Waals surface area contributed by atoms with Gasteiger partial charge in [0.15, 0.2) is 0 Å². The Morgan fingerprint density at radius 2 is 1.92 bits per heavy atom. The molecule has 1 aliphatic heterocycles. The summed E-state index contributed by atoms with van der Waals surface area (Å²) in [4.78, 5) is 22.9. The summed E-state index contributed by atoms with van der Waals surface area (Å²) in [5.41, 5.74) is 1.40. The summed E-state index contributed by atoms with van der Waals surface area (Å²) in [6, 6.07) is 6.57. The molecular formula is C20H25NO5. The molecule has 6 heteroatoms. The van der Waals surface area contributed by atoms with Crippen LogP contribution in [-0.4, -0.2) is 39.8 Å². The molecule has 1 saturated heterocycles. The van der Waals surface area contributed by atoms with Crippen LogP contribution in [0.3, 0.4) is 0 Å². The van der Waals surface area contributed by atoms with Crippen LogP contribution in [0, 0.1) is 5.92 Å². The third-order valence-corrected chi connectivity index (χ3v) is 5.61. The van der Waals surface area contributed by atoms with Crippen molar-refractivity contribution < 1.29 is 24.5 Å². The Bertz CT molecular complexity index is 741. The van der Waals surface area contributed by atoms with Crippen molar-refractivity contribution in [3.8, 4) is 0 Å². The molecule has 26 heavy (non-hydrogen) atoms. The number of nitrogens with one attached hydrogen (secondary N) is 1. The van der Waals surface area contributed by atoms with Crippen molar-refractivity contribution >= 4 is 11.9 Å². The van der Waals surface area contributed by atoms with Gasteiger partial charge in [-0.1, -0.05) is 18.2 Å². The van der Waals surface area contributed by atoms with Crippen LogP contribution in [0.2, 0.25) is 0 Å². The van der Waals surface area contributed by atoms with Crippen molar-refractivity contribution in [1.29, 1.82) is 0 Å². The minimum Gasteiger partial charge on any atom is -0.478 e. The molecule has 1 aromatic carbocycles. The third-order valence-electron chi connectivity index (χ3n) is 5.61. The lowest BCUT2D eigenvalue weighted by Gasteiger charge is -2.52. The first-order valence-electron chi connectivity index (χ1n) is 8.83. The van der Waals surface area contributed by atoms with E-state index in [1.165, 1.54) is 6.92 Å². The zero-order valence-electron chi connectivity index (χ0n) is 15.2. The Morgan fingerprint density at radius 1 is 1.27 bits per heavy atom. The number of allylic oxidation sites excluding steroid dienone is 1. The minimum absolute atomic E-state index is 0.0281. The smallest absolute Gasteiger partial charge is 0.335 e. The van der Waals surface area contributed by atoms with Gasteiger partial charge in [-0.2, -0.15) is 0 Å². The van der Waals surface area contributed by atoms with Crippen LogP contribution >= 0.6 is 0 Å². The van der Waals surface area contributed by atoms with Gasteiger partial charge in [0, 0.05) is 24.8 Å². The SMILES string of the molecule is CC(=O)N[C@]1(C)C[C@@H](c2ccc(C(=O)O)cc2)O[C@H]2[C@H](O)C(C)=CC[C@H]21. The van der Waals surface area contributed by atoms with Gasteiger partial charge in [0.1, 0.15) is 6.10 Å². The molecule has 0 radical (unpaired) electrons. The highest BCUT2D eigenvalue weighted by molar-refractivity contribution is 5.87. The number of carbonyl (C=O) groups excluding carboxylic acids is 1. The van der Waals surface area contributed by atoms with Gasteiger partial charge in [0.05, 0.1) is 17.8 Å². The number of benzene rings is 1. The Balaban J connectivity index is 1.94. The molecule has 1 aromatic rings. The van der Waals surface area contributed by atoms with Crippen molar-refractivity contribution in [2.24, 2.45) is 5.92 Å². The first-order valence-corrected chi connectivity index (χ1v) is 8.83. The summed E-state index contributed by atoms with van der Waals surface area (Å²) in [6.07, 6.45) is 1.82. The molecule has 3 N–H and O–H groups in total. The number of fused-ring (bicyclic) bond motifs is 1. The first-order chi connectivity index (χ1) is 12.2. The number of aliphatic hydroxyl groups is 1. The number of carboxylic acids is 1. The van der Waals surface area contributed by atoms with E-state index >= 15 is 0 Å². The summed E-state index contributed by atoms with van der Waals surface area (Å²) < 4.78 is 6.25. The van der Waals surface area contributed by atoms with Gasteiger partial charge in [0.2, 0.25) is 5.91 Å². The summed E-state index contributed by atoms with van der Waals surface area (Å²) in [5.74, 6) is -1.12. The zero-order chi connectivity index (χ0) is 19.1. The fourth-order valence-corrected chi connectivity index (χ4v) is 4.20. The lowest BCUT2D eigenvalue weighted by molar-refractivity contribution is -0.165. The standard InChI is InChI=1S/C20H25NO5/c1-11-4-9-15-18(17(11)23)26-16(10-20(15,3)21-12(2)22)13-5-7-14(8-6-13)19(24)25/h4-8,15-18,23H,9-10H2,1-3H3,(H,21,22)(H,24,25)/t15-,16+,17-,18-,20-/m1/s1. The van der Waals surface area contributed by atoms with Crippen molar-refractivity contribution in [1.82, 2.24) is 5.32 Å². The maximum Gasteiger partial charge on any atom is 0.335 e. The molecule has 0 unspecified atom stereocenters. The van der Waals surface area contributed by atoms with E-state index in [4.69, 9.17) is 9.84 Å². The van der Waals surface area contributed by atoms with Crippen molar-refractivity contribution in [3.05, 3.63) is 47.0 Å². The van der Waals surface area contributed by atoms with Gasteiger partial charge in [-0.15, -0.1) is 0 Å². The van der Waals surface area contributed by atoms with Crippen LogP contribution in [-0.2, 0) is 9.53 Å². The lowest BCUT2D eigenvalue weighted by Crippen LogP contribution is -2.62. The largest absolute Gasteiger partial charge is 0.478 e. The van der Waals surface area contributed by atoms with Gasteiger partial charge >= 0.3 is 5.97 Å². The zero-order valence-corrected chi connectivity index (χ0v) is 15.2. The van der Waals surface area contributed by atoms with Crippen molar-refractivity contribution in [3.63, 3.8) is 0 Å². The molecule has 140 valence electrons. The number of ether oxygens (including phenoxy) is 1. The van der Waals surface area contributed by atoms with Crippen LogP contribution in [0.4, 0.5) is 0 Å². The summed E-state index contributed by atoms with van der Waals surface area (Å²) in [5, 5.41) is 22.8. The topological polar surface area (TPSA) is 95.9 Å². The van der Waals surface area contributed by atoms with Crippen molar-refractivity contribution in [2.45, 2.75) is 57.5 Å². The van der Waals surface area contributed by atoms with E-state index in [-0.39, 0.29) is 23.5 Å². The lowest BCUT2D eigenvalue weighted by atomic mass is 9.68. The van der Waals surface area contributed by atoms with E-state index in [2.05, 4.69) is 5.32 Å². The predicted octanol–water partition coefficient (Wildman–Crippen LogP) is 2.44. The van der Waals surface area contributed by atoms with E-state index in [9.17, 15) is 14.7 Å². The van der Waals surface area contributed by atoms with Crippen molar-refractivity contribution in [2.75, 3.05) is 0 Å². The Labute approximate surface area is 152 Å². The third kappa shape index (κ3) is 3.39. The molecule has 3 rings (SSSR count). The molecule has 1 aliphatic carbocycles. The van der Waals surface area contributed by atoms with Gasteiger partial charge in [-0.25, -0.2) is 4.79 Å². The number of hydrogen-bond donors (Lipinski definition) is 3. The van der Waals surface area contributed by atoms with Crippen LogP contribution in [0.25, 0.3) is 0 Å². The van der Waals surface area contributed by atoms with Gasteiger partial charge in [-0.05, 0) is 43.5 Å². The summed E-state index contributed by atoms with van der Waals surface area (Å²) in [6.45, 7) is 5.37. The predicted molar refractivity (Wildman–Crippen MR) is 95.7 cm³/mol. The normalized spacial score (nSPS) is 33.8. The maximum atomic E-state index is 11.8. The number of hydrogen-bond acceptors (Lipinski definition) is 4. The number of amides is 1. The number of aliphatic hydroxyl groups excluding tert-OH is 1. The number of rotatable bonds is 3. The molecule has 1 heterocycles. The molecule has 0 saturated carbocycles. The average Bonchev–Trinajstić information content (AvgIpc) is 2.57. The monoisotopic (exact) mass is 359 g/mol. The van der Waals surface area contributed by atoms with Crippen LogP contribution < -0.4 is 5.32 Å². The van der Waals surface area contributed by atoms with Crippen LogP contribution in [0.5, 0.6) is 0 Å². The molecule has 1 amide bonds. The molecular weight excluding hydrogens is 334 g/mol. The fraction of sp³-hybridized carbons (Fsp3) is 0.500. The highest BCUT2D eigenvalue weighted by Gasteiger charge is 2.50. The summed E-state index contributed by atoms with van der Waals surface area (Å²) >= 11 is 0. The van der Waals surface area contributed by atoms with Gasteiger partial charge < -0.3 is 20.3 Å². The van der Waals surface area contributed by atoms with E-state index in [1.807, 2.05) is 19.9 Å². The van der Waals surface area contributed by atoms with E-state index < -0.39 is 23.7 Å². The fourth-order valence-electron chi connectivity index (χ4n) is 4.20. The minimum atomic E-state index is -0.979. The molecule has 2 aliphatic rings. The van der Waals surface area contributed by atoms with Gasteiger partial charge in [-0.3, -0.25) is 4.79 Å². The highest BCUT2D eigenvalue weighted by Crippen LogP contribution is 2.46. The second kappa shape index (κ2) is 6.85. The van der Waals surface area contributed by atoms with E-state index in [1.54, 1.807) is 24.3 Å². The Hall–Kier alpha value is -2.18. The first kappa shape index (κ1) is 18.6. The van der Waals surface area contributed by atoms with E-state index in [0.717, 1.165) is 17.6 Å². The number of aromatic carboxylic acids is 1. The molecule has 6 nitrogen and oxygen atoms in total. The number of carbonyl (C=O) groups is 2. The molecule has 0 aromatic heterocycles. The quantitative estimate of drug-likeness (QED) is 0.721. The highest BCUT2D eigenvalue weighted by atomic mass is 16.5. The van der Waals surface area contributed by atoms with E-state index in [0.29, 0.717) is 6.42 Å². The second-order valence-electron chi connectivity index (χ2n) is 7.55. The molecule has 5 atom stereocenters. The molecule has 1 fully saturated rings. The number of carboxylic acid groups (broad SMARTS) is 1. The molecule has 0 spiro atoms. The van der Waals surface area contributed by atoms with Gasteiger partial charge in [0.25, 0.3) is 0 Å². The van der Waals surface area contributed by atoms with Crippen LogP contribution in [0.1, 0.15) is 55.6 Å². The summed E-state index contributed by atoms with van der Waals surface area (Å²) in [7, 11) is 0. The second-order valence-corrected chi connectivity index (χ2v) is 7.55. The average molecular weight is 359 g/mol. The van der Waals surface area contributed by atoms with Crippen LogP contribution in [0.15, 0.2) is 35.9 Å². The maximum absolute atomic E-state index is 11.8. The Morgan fingerprint density at radius 3 is 2.50 bits per heavy atom. The molecule has 0 bridgehead atoms. The Kier molecular flexibility index (Phi) is 4.90.